The number of aryl methyl sites for hydroxylation is 3. The molecule has 0 unspecified atom stereocenters. The summed E-state index contributed by atoms with van der Waals surface area (Å²) in [4.78, 5) is 10.4. The number of para-hydroxylation sites is 1. The molecule has 3 nitrogen and oxygen atoms in total. The molecule has 1 N–H and O–H groups in total. The van der Waals surface area contributed by atoms with Gasteiger partial charge in [-0.1, -0.05) is 30.3 Å². The fraction of sp³-hybridized carbons (Fsp3) is 0.182. The zero-order chi connectivity index (χ0) is 20.8. The maximum absolute atomic E-state index is 13.4. The van der Waals surface area contributed by atoms with Crippen LogP contribution in [0.25, 0.3) is 21.3 Å². The van der Waals surface area contributed by atoms with Crippen LogP contribution in [0.15, 0.2) is 48.8 Å². The first-order valence-corrected chi connectivity index (χ1v) is 9.82. The van der Waals surface area contributed by atoms with Crippen LogP contribution in [-0.4, -0.2) is 9.97 Å². The van der Waals surface area contributed by atoms with Crippen molar-refractivity contribution in [2.24, 2.45) is 0 Å². The molecule has 0 aliphatic rings. The summed E-state index contributed by atoms with van der Waals surface area (Å²) in [7, 11) is 0. The highest BCUT2D eigenvalue weighted by molar-refractivity contribution is 7.19. The summed E-state index contributed by atoms with van der Waals surface area (Å²) < 4.78 is 40.3. The van der Waals surface area contributed by atoms with Crippen molar-refractivity contribution >= 4 is 33.1 Å². The van der Waals surface area contributed by atoms with Crippen LogP contribution < -0.4 is 5.32 Å². The highest BCUT2D eigenvalue weighted by Crippen LogP contribution is 2.42. The van der Waals surface area contributed by atoms with E-state index in [0.29, 0.717) is 5.82 Å². The van der Waals surface area contributed by atoms with Crippen LogP contribution in [-0.2, 0) is 6.18 Å². The van der Waals surface area contributed by atoms with E-state index in [9.17, 15) is 13.2 Å². The molecule has 0 spiro atoms. The smallest absolute Gasteiger partial charge is 0.339 e. The molecule has 0 saturated carbocycles. The molecule has 0 aliphatic carbocycles. The van der Waals surface area contributed by atoms with Gasteiger partial charge in [-0.3, -0.25) is 0 Å². The Balaban J connectivity index is 1.91. The number of benzene rings is 2. The average Bonchev–Trinajstić information content (AvgIpc) is 3.00. The Morgan fingerprint density at radius 3 is 2.41 bits per heavy atom. The second-order valence-corrected chi connectivity index (χ2v) is 8.11. The molecule has 2 heterocycles. The second-order valence-electron chi connectivity index (χ2n) is 6.90. The van der Waals surface area contributed by atoms with E-state index >= 15 is 0 Å². The van der Waals surface area contributed by atoms with Gasteiger partial charge in [0.1, 0.15) is 17.0 Å². The monoisotopic (exact) mass is 413 g/mol. The van der Waals surface area contributed by atoms with Gasteiger partial charge < -0.3 is 5.32 Å². The lowest BCUT2D eigenvalue weighted by Gasteiger charge is -2.15. The average molecular weight is 413 g/mol. The van der Waals surface area contributed by atoms with Gasteiger partial charge in [-0.25, -0.2) is 9.97 Å². The summed E-state index contributed by atoms with van der Waals surface area (Å²) >= 11 is 1.50. The van der Waals surface area contributed by atoms with Crippen molar-refractivity contribution in [3.63, 3.8) is 0 Å². The Labute approximate surface area is 170 Å². The minimum atomic E-state index is -4.46. The molecule has 0 atom stereocenters. The fourth-order valence-electron chi connectivity index (χ4n) is 3.35. The number of alkyl halides is 3. The molecule has 4 rings (SSSR count). The summed E-state index contributed by atoms with van der Waals surface area (Å²) in [6, 6.07) is 11.6. The summed E-state index contributed by atoms with van der Waals surface area (Å²) in [6.45, 7) is 6.07. The van der Waals surface area contributed by atoms with Crippen LogP contribution in [0.2, 0.25) is 0 Å². The lowest BCUT2D eigenvalue weighted by Crippen LogP contribution is -2.09. The molecule has 0 aliphatic heterocycles. The van der Waals surface area contributed by atoms with Gasteiger partial charge in [0.2, 0.25) is 0 Å². The SMILES string of the molecule is Cc1ccc(-c2c(C)sc3ncnc(Nc4ccccc4C(F)(F)F)c23)cc1C. The third-order valence-corrected chi connectivity index (χ3v) is 5.96. The minimum absolute atomic E-state index is 0.0325. The van der Waals surface area contributed by atoms with Gasteiger partial charge in [0.05, 0.1) is 16.6 Å². The number of aromatic nitrogens is 2. The van der Waals surface area contributed by atoms with Crippen LogP contribution in [0.1, 0.15) is 21.6 Å². The van der Waals surface area contributed by atoms with Crippen molar-refractivity contribution in [2.45, 2.75) is 26.9 Å². The van der Waals surface area contributed by atoms with Gasteiger partial charge in [-0.05, 0) is 49.6 Å². The van der Waals surface area contributed by atoms with E-state index < -0.39 is 11.7 Å². The largest absolute Gasteiger partial charge is 0.418 e. The van der Waals surface area contributed by atoms with Crippen molar-refractivity contribution in [1.29, 1.82) is 0 Å². The molecule has 2 aromatic carbocycles. The third-order valence-electron chi connectivity index (χ3n) is 4.95. The number of fused-ring (bicyclic) bond motifs is 1. The molecule has 29 heavy (non-hydrogen) atoms. The quantitative estimate of drug-likeness (QED) is 0.391. The van der Waals surface area contributed by atoms with Crippen molar-refractivity contribution in [3.05, 3.63) is 70.4 Å². The minimum Gasteiger partial charge on any atom is -0.339 e. The Hall–Kier alpha value is -2.93. The number of hydrogen-bond donors (Lipinski definition) is 1. The zero-order valence-corrected chi connectivity index (χ0v) is 16.9. The number of rotatable bonds is 3. The van der Waals surface area contributed by atoms with E-state index in [4.69, 9.17) is 0 Å². The van der Waals surface area contributed by atoms with Crippen molar-refractivity contribution < 1.29 is 13.2 Å². The standard InChI is InChI=1S/C22H18F3N3S/c1-12-8-9-15(10-13(12)2)18-14(3)29-21-19(18)20(26-11-27-21)28-17-7-5-4-6-16(17)22(23,24)25/h4-11H,1-3H3,(H,26,27,28). The summed E-state index contributed by atoms with van der Waals surface area (Å²) in [5, 5.41) is 3.64. The zero-order valence-electron chi connectivity index (χ0n) is 16.1. The first-order chi connectivity index (χ1) is 13.8. The summed E-state index contributed by atoms with van der Waals surface area (Å²) in [5.41, 5.74) is 3.51. The molecule has 0 fully saturated rings. The number of nitrogens with zero attached hydrogens (tertiary/aromatic N) is 2. The third kappa shape index (κ3) is 3.58. The molecule has 0 saturated heterocycles. The molecule has 0 bridgehead atoms. The van der Waals surface area contributed by atoms with E-state index in [1.54, 1.807) is 6.07 Å². The van der Waals surface area contributed by atoms with Gasteiger partial charge in [-0.15, -0.1) is 11.3 Å². The lowest BCUT2D eigenvalue weighted by molar-refractivity contribution is -0.136. The van der Waals surface area contributed by atoms with E-state index in [-0.39, 0.29) is 5.69 Å². The number of anilines is 2. The van der Waals surface area contributed by atoms with Crippen LogP contribution in [0.5, 0.6) is 0 Å². The second kappa shape index (κ2) is 7.15. The van der Waals surface area contributed by atoms with Crippen LogP contribution >= 0.6 is 11.3 Å². The fourth-order valence-corrected chi connectivity index (χ4v) is 4.36. The predicted octanol–water partition coefficient (Wildman–Crippen LogP) is 7.05. The topological polar surface area (TPSA) is 37.8 Å². The highest BCUT2D eigenvalue weighted by Gasteiger charge is 2.33. The van der Waals surface area contributed by atoms with Gasteiger partial charge in [0, 0.05) is 10.4 Å². The van der Waals surface area contributed by atoms with Gasteiger partial charge in [-0.2, -0.15) is 13.2 Å². The first-order valence-electron chi connectivity index (χ1n) is 9.00. The molecule has 7 heteroatoms. The lowest BCUT2D eigenvalue weighted by atomic mass is 9.99. The maximum Gasteiger partial charge on any atom is 0.418 e. The molecular weight excluding hydrogens is 395 g/mol. The van der Waals surface area contributed by atoms with E-state index in [2.05, 4.69) is 21.4 Å². The van der Waals surface area contributed by atoms with Gasteiger partial charge in [0.25, 0.3) is 0 Å². The van der Waals surface area contributed by atoms with Crippen molar-refractivity contribution in [1.82, 2.24) is 9.97 Å². The number of thiophene rings is 1. The van der Waals surface area contributed by atoms with Crippen LogP contribution in [0, 0.1) is 20.8 Å². The Kier molecular flexibility index (Phi) is 4.78. The Morgan fingerprint density at radius 1 is 0.931 bits per heavy atom. The molecule has 4 aromatic rings. The molecule has 0 radical (unpaired) electrons. The van der Waals surface area contributed by atoms with Crippen molar-refractivity contribution in [2.75, 3.05) is 5.32 Å². The summed E-state index contributed by atoms with van der Waals surface area (Å²) in [6.07, 6.45) is -3.09. The number of nitrogens with one attached hydrogen (secondary N) is 1. The van der Waals surface area contributed by atoms with Crippen molar-refractivity contribution in [3.8, 4) is 11.1 Å². The first kappa shape index (κ1) is 19.4. The summed E-state index contributed by atoms with van der Waals surface area (Å²) in [5.74, 6) is 0.365. The normalized spacial score (nSPS) is 11.8. The number of halogens is 3. The maximum atomic E-state index is 13.4. The molecular formula is C22H18F3N3S. The van der Waals surface area contributed by atoms with Gasteiger partial charge in [0.15, 0.2) is 0 Å². The number of hydrogen-bond acceptors (Lipinski definition) is 4. The van der Waals surface area contributed by atoms with Gasteiger partial charge >= 0.3 is 6.18 Å². The molecule has 0 amide bonds. The Bertz CT molecular complexity index is 1210. The Morgan fingerprint density at radius 2 is 1.69 bits per heavy atom. The van der Waals surface area contributed by atoms with E-state index in [1.807, 2.05) is 32.9 Å². The molecule has 148 valence electrons. The molecule has 2 aromatic heterocycles. The van der Waals surface area contributed by atoms with Crippen LogP contribution in [0.4, 0.5) is 24.7 Å². The van der Waals surface area contributed by atoms with Crippen LogP contribution in [0.3, 0.4) is 0 Å². The van der Waals surface area contributed by atoms with E-state index in [0.717, 1.165) is 37.9 Å². The van der Waals surface area contributed by atoms with E-state index in [1.165, 1.54) is 35.4 Å². The highest BCUT2D eigenvalue weighted by atomic mass is 32.1. The predicted molar refractivity (Wildman–Crippen MR) is 112 cm³/mol.